The van der Waals surface area contributed by atoms with Crippen molar-refractivity contribution in [3.63, 3.8) is 0 Å². The van der Waals surface area contributed by atoms with Gasteiger partial charge in [-0.15, -0.1) is 11.3 Å². The third-order valence-corrected chi connectivity index (χ3v) is 7.10. The van der Waals surface area contributed by atoms with Crippen LogP contribution in [0.4, 0.5) is 0 Å². The monoisotopic (exact) mass is 439 g/mol. The maximum atomic E-state index is 13.4. The summed E-state index contributed by atoms with van der Waals surface area (Å²) in [5.74, 6) is -0.155. The van der Waals surface area contributed by atoms with Gasteiger partial charge in [0.05, 0.1) is 5.41 Å². The fourth-order valence-corrected chi connectivity index (χ4v) is 5.40. The van der Waals surface area contributed by atoms with E-state index in [0.717, 1.165) is 11.1 Å². The van der Waals surface area contributed by atoms with Crippen LogP contribution in [0.3, 0.4) is 0 Å². The number of amides is 3. The molecule has 2 aliphatic rings. The Morgan fingerprint density at radius 2 is 2.06 bits per heavy atom. The zero-order valence-corrected chi connectivity index (χ0v) is 18.8. The number of carbonyl (C=O) groups excluding carboxylic acids is 3. The number of hydrogen-bond donors (Lipinski definition) is 2. The molecule has 164 valence electrons. The summed E-state index contributed by atoms with van der Waals surface area (Å²) < 4.78 is 0. The van der Waals surface area contributed by atoms with Crippen LogP contribution in [0.2, 0.25) is 0 Å². The van der Waals surface area contributed by atoms with Gasteiger partial charge < -0.3 is 15.5 Å². The zero-order valence-electron chi connectivity index (χ0n) is 18.0. The van der Waals surface area contributed by atoms with Gasteiger partial charge in [0, 0.05) is 30.4 Å². The quantitative estimate of drug-likeness (QED) is 0.726. The number of likely N-dealkylation sites (tertiary alicyclic amines) is 1. The number of hydrogen-bond acceptors (Lipinski definition) is 4. The number of rotatable bonds is 6. The average Bonchev–Trinajstić information content (AvgIpc) is 3.49. The van der Waals surface area contributed by atoms with Gasteiger partial charge in [-0.2, -0.15) is 0 Å². The van der Waals surface area contributed by atoms with Gasteiger partial charge in [0.25, 0.3) is 0 Å². The highest BCUT2D eigenvalue weighted by atomic mass is 32.1. The third-order valence-electron chi connectivity index (χ3n) is 6.19. The summed E-state index contributed by atoms with van der Waals surface area (Å²) >= 11 is 1.68. The minimum absolute atomic E-state index is 0.00533. The Kier molecular flexibility index (Phi) is 6.14. The molecule has 31 heavy (non-hydrogen) atoms. The van der Waals surface area contributed by atoms with Gasteiger partial charge in [-0.3, -0.25) is 14.4 Å². The molecule has 0 spiro atoms. The van der Waals surface area contributed by atoms with Gasteiger partial charge in [0.2, 0.25) is 17.7 Å². The van der Waals surface area contributed by atoms with Gasteiger partial charge in [-0.25, -0.2) is 0 Å². The highest BCUT2D eigenvalue weighted by Crippen LogP contribution is 2.39. The fourth-order valence-electron chi connectivity index (χ4n) is 4.62. The van der Waals surface area contributed by atoms with Gasteiger partial charge in [0.15, 0.2) is 0 Å². The topological polar surface area (TPSA) is 78.5 Å². The smallest absolute Gasteiger partial charge is 0.245 e. The van der Waals surface area contributed by atoms with E-state index in [0.29, 0.717) is 38.8 Å². The summed E-state index contributed by atoms with van der Waals surface area (Å²) in [5.41, 5.74) is 1.57. The van der Waals surface area contributed by atoms with Gasteiger partial charge in [-0.05, 0) is 55.7 Å². The van der Waals surface area contributed by atoms with Crippen LogP contribution in [-0.4, -0.2) is 47.8 Å². The predicted molar refractivity (Wildman–Crippen MR) is 122 cm³/mol. The second-order valence-electron chi connectivity index (χ2n) is 8.89. The van der Waals surface area contributed by atoms with E-state index >= 15 is 0 Å². The van der Waals surface area contributed by atoms with E-state index in [-0.39, 0.29) is 23.8 Å². The highest BCUT2D eigenvalue weighted by Gasteiger charge is 2.47. The van der Waals surface area contributed by atoms with Gasteiger partial charge in [0.1, 0.15) is 6.04 Å². The molecule has 3 amide bonds. The second-order valence-corrected chi connectivity index (χ2v) is 9.84. The van der Waals surface area contributed by atoms with Crippen molar-refractivity contribution in [2.45, 2.75) is 51.6 Å². The summed E-state index contributed by atoms with van der Waals surface area (Å²) in [7, 11) is 0. The number of nitrogens with one attached hydrogen (secondary N) is 2. The Morgan fingerprint density at radius 3 is 2.74 bits per heavy atom. The van der Waals surface area contributed by atoms with Crippen molar-refractivity contribution in [3.8, 4) is 10.4 Å². The second kappa shape index (κ2) is 8.83. The summed E-state index contributed by atoms with van der Waals surface area (Å²) in [4.78, 5) is 40.9. The van der Waals surface area contributed by atoms with Crippen LogP contribution in [0.25, 0.3) is 10.4 Å². The molecule has 0 aliphatic carbocycles. The predicted octanol–water partition coefficient (Wildman–Crippen LogP) is 2.98. The maximum Gasteiger partial charge on any atom is 0.245 e. The minimum atomic E-state index is -0.685. The van der Waals surface area contributed by atoms with Crippen LogP contribution in [0.1, 0.15) is 38.7 Å². The molecule has 1 aromatic heterocycles. The molecule has 3 heterocycles. The molecule has 2 aliphatic heterocycles. The van der Waals surface area contributed by atoms with Crippen molar-refractivity contribution < 1.29 is 14.4 Å². The molecule has 0 radical (unpaired) electrons. The van der Waals surface area contributed by atoms with E-state index < -0.39 is 11.5 Å². The normalized spacial score (nSPS) is 23.3. The molecule has 0 bridgehead atoms. The van der Waals surface area contributed by atoms with Crippen molar-refractivity contribution in [3.05, 3.63) is 47.3 Å². The lowest BCUT2D eigenvalue weighted by Crippen LogP contribution is -2.49. The van der Waals surface area contributed by atoms with E-state index in [1.807, 2.05) is 32.0 Å². The van der Waals surface area contributed by atoms with Crippen LogP contribution >= 0.6 is 11.3 Å². The van der Waals surface area contributed by atoms with Crippen molar-refractivity contribution in [1.82, 2.24) is 15.5 Å². The molecule has 6 nitrogen and oxygen atoms in total. The summed E-state index contributed by atoms with van der Waals surface area (Å²) in [6.07, 6.45) is 2.09. The first-order chi connectivity index (χ1) is 14.9. The average molecular weight is 440 g/mol. The molecule has 2 aromatic rings. The van der Waals surface area contributed by atoms with Crippen LogP contribution in [0, 0.1) is 5.41 Å². The van der Waals surface area contributed by atoms with Gasteiger partial charge in [-0.1, -0.05) is 30.3 Å². The van der Waals surface area contributed by atoms with Crippen LogP contribution in [0.5, 0.6) is 0 Å². The molecule has 0 saturated carbocycles. The molecular formula is C24H29N3O3S. The Balaban J connectivity index is 1.61. The molecule has 2 fully saturated rings. The summed E-state index contributed by atoms with van der Waals surface area (Å²) in [5, 5.41) is 7.91. The Labute approximate surface area is 187 Å². The van der Waals surface area contributed by atoms with E-state index in [9.17, 15) is 14.4 Å². The first-order valence-corrected chi connectivity index (χ1v) is 11.8. The molecule has 2 atom stereocenters. The fraction of sp³-hybridized carbons (Fsp3) is 0.458. The SMILES string of the molecule is CC(C)NC(=O)[C@]1(Cc2ccccc2-c2cccs2)CCN(C(=O)[C@H]2CCC(=O)N2)C1. The summed E-state index contributed by atoms with van der Waals surface area (Å²) in [6, 6.07) is 11.9. The van der Waals surface area contributed by atoms with E-state index in [1.165, 1.54) is 4.88 Å². The van der Waals surface area contributed by atoms with Crippen LogP contribution in [-0.2, 0) is 20.8 Å². The lowest BCUT2D eigenvalue weighted by atomic mass is 9.78. The lowest BCUT2D eigenvalue weighted by molar-refractivity contribution is -0.135. The Bertz CT molecular complexity index is 972. The van der Waals surface area contributed by atoms with Crippen molar-refractivity contribution in [2.24, 2.45) is 5.41 Å². The molecule has 2 N–H and O–H groups in total. The highest BCUT2D eigenvalue weighted by molar-refractivity contribution is 7.13. The third kappa shape index (κ3) is 4.51. The lowest BCUT2D eigenvalue weighted by Gasteiger charge is -2.30. The summed E-state index contributed by atoms with van der Waals surface area (Å²) in [6.45, 7) is 4.81. The Morgan fingerprint density at radius 1 is 1.26 bits per heavy atom. The molecule has 0 unspecified atom stereocenters. The van der Waals surface area contributed by atoms with E-state index in [1.54, 1.807) is 16.2 Å². The number of thiophene rings is 1. The minimum Gasteiger partial charge on any atom is -0.353 e. The van der Waals surface area contributed by atoms with Crippen LogP contribution in [0.15, 0.2) is 41.8 Å². The standard InChI is InChI=1S/C24H29N3O3S/c1-16(2)25-23(30)24(11-12-27(15-24)22(29)19-9-10-21(28)26-19)14-17-6-3-4-7-18(17)20-8-5-13-31-20/h3-8,13,16,19H,9-12,14-15H2,1-2H3,(H,25,30)(H,26,28)/t19-,24+/m1/s1. The van der Waals surface area contributed by atoms with E-state index in [4.69, 9.17) is 0 Å². The Hall–Kier alpha value is -2.67. The zero-order chi connectivity index (χ0) is 22.0. The molecule has 4 rings (SSSR count). The molecule has 2 saturated heterocycles. The number of carbonyl (C=O) groups is 3. The van der Waals surface area contributed by atoms with Crippen molar-refractivity contribution in [1.29, 1.82) is 0 Å². The first kappa shape index (κ1) is 21.6. The van der Waals surface area contributed by atoms with E-state index in [2.05, 4.69) is 34.2 Å². The maximum absolute atomic E-state index is 13.4. The van der Waals surface area contributed by atoms with Crippen molar-refractivity contribution >= 4 is 29.1 Å². The molecule has 1 aromatic carbocycles. The van der Waals surface area contributed by atoms with Crippen molar-refractivity contribution in [2.75, 3.05) is 13.1 Å². The number of nitrogens with zero attached hydrogens (tertiary/aromatic N) is 1. The molecule has 7 heteroatoms. The first-order valence-electron chi connectivity index (χ1n) is 10.9. The van der Waals surface area contributed by atoms with Gasteiger partial charge >= 0.3 is 0 Å². The molecular weight excluding hydrogens is 410 g/mol. The van der Waals surface area contributed by atoms with Crippen LogP contribution < -0.4 is 10.6 Å². The largest absolute Gasteiger partial charge is 0.353 e. The number of benzene rings is 1.